The number of sulfonamides is 1. The van der Waals surface area contributed by atoms with E-state index in [2.05, 4.69) is 4.72 Å². The van der Waals surface area contributed by atoms with Crippen LogP contribution in [0.4, 0.5) is 8.78 Å². The van der Waals surface area contributed by atoms with E-state index in [9.17, 15) is 17.2 Å². The Labute approximate surface area is 126 Å². The van der Waals surface area contributed by atoms with E-state index in [1.165, 1.54) is 0 Å². The van der Waals surface area contributed by atoms with Crippen LogP contribution in [-0.2, 0) is 22.4 Å². The second-order valence-electron chi connectivity index (χ2n) is 4.35. The van der Waals surface area contributed by atoms with E-state index in [0.717, 1.165) is 23.3 Å². The van der Waals surface area contributed by atoms with Crippen molar-refractivity contribution in [2.75, 3.05) is 0 Å². The molecule has 0 saturated carbocycles. The van der Waals surface area contributed by atoms with E-state index >= 15 is 0 Å². The summed E-state index contributed by atoms with van der Waals surface area (Å²) in [6, 6.07) is 9.49. The molecular formula is C14H12ClF2NO2S. The quantitative estimate of drug-likeness (QED) is 0.855. The fraction of sp³-hybridized carbons (Fsp3) is 0.143. The smallest absolute Gasteiger partial charge is 0.207 e. The van der Waals surface area contributed by atoms with Crippen molar-refractivity contribution in [3.63, 3.8) is 0 Å². The molecule has 7 heteroatoms. The number of hydrogen-bond donors (Lipinski definition) is 1. The molecular weight excluding hydrogens is 320 g/mol. The minimum absolute atomic E-state index is 0.0455. The number of nitrogens with one attached hydrogen (secondary N) is 1. The average Bonchev–Trinajstić information content (AvgIpc) is 2.48. The first-order chi connectivity index (χ1) is 9.92. The Morgan fingerprint density at radius 3 is 2.14 bits per heavy atom. The third kappa shape index (κ3) is 4.00. The van der Waals surface area contributed by atoms with Crippen molar-refractivity contribution >= 4 is 21.6 Å². The summed E-state index contributed by atoms with van der Waals surface area (Å²) in [4.78, 5) is -0.321. The molecule has 0 aromatic heterocycles. The lowest BCUT2D eigenvalue weighted by Crippen LogP contribution is -2.23. The molecule has 0 amide bonds. The largest absolute Gasteiger partial charge is 0.240 e. The van der Waals surface area contributed by atoms with Crippen molar-refractivity contribution < 1.29 is 17.2 Å². The van der Waals surface area contributed by atoms with Gasteiger partial charge in [-0.2, -0.15) is 0 Å². The van der Waals surface area contributed by atoms with Crippen LogP contribution in [0.1, 0.15) is 11.1 Å². The fourth-order valence-corrected chi connectivity index (χ4v) is 2.86. The first-order valence-electron chi connectivity index (χ1n) is 6.01. The second-order valence-corrected chi connectivity index (χ2v) is 6.38. The molecule has 2 rings (SSSR count). The molecule has 0 atom stereocenters. The van der Waals surface area contributed by atoms with Gasteiger partial charge < -0.3 is 0 Å². The lowest BCUT2D eigenvalue weighted by molar-refractivity contribution is 0.504. The zero-order valence-corrected chi connectivity index (χ0v) is 12.4. The van der Waals surface area contributed by atoms with Gasteiger partial charge in [-0.25, -0.2) is 21.9 Å². The van der Waals surface area contributed by atoms with Crippen LogP contribution in [0.25, 0.3) is 0 Å². The van der Waals surface area contributed by atoms with Crippen molar-refractivity contribution in [3.05, 3.63) is 65.2 Å². The molecule has 3 nitrogen and oxygen atoms in total. The van der Waals surface area contributed by atoms with Crippen LogP contribution in [0, 0.1) is 11.6 Å². The highest BCUT2D eigenvalue weighted by Gasteiger charge is 2.16. The van der Waals surface area contributed by atoms with Crippen LogP contribution in [0.5, 0.6) is 0 Å². The van der Waals surface area contributed by atoms with Crippen LogP contribution in [0.3, 0.4) is 0 Å². The predicted molar refractivity (Wildman–Crippen MR) is 76.4 cm³/mol. The van der Waals surface area contributed by atoms with Crippen molar-refractivity contribution in [1.29, 1.82) is 0 Å². The van der Waals surface area contributed by atoms with Crippen LogP contribution in [-0.4, -0.2) is 8.42 Å². The Morgan fingerprint density at radius 1 is 0.952 bits per heavy atom. The molecule has 2 aromatic carbocycles. The third-order valence-corrected chi connectivity index (χ3v) is 4.55. The maximum Gasteiger partial charge on any atom is 0.240 e. The Balaban J connectivity index is 2.11. The molecule has 0 aliphatic heterocycles. The van der Waals surface area contributed by atoms with E-state index in [-0.39, 0.29) is 11.4 Å². The summed E-state index contributed by atoms with van der Waals surface area (Å²) in [6.45, 7) is 0.0455. The molecule has 112 valence electrons. The topological polar surface area (TPSA) is 46.2 Å². The van der Waals surface area contributed by atoms with Gasteiger partial charge in [-0.3, -0.25) is 0 Å². The highest BCUT2D eigenvalue weighted by molar-refractivity contribution is 7.89. The lowest BCUT2D eigenvalue weighted by atomic mass is 10.1. The summed E-state index contributed by atoms with van der Waals surface area (Å²) in [7, 11) is -3.90. The molecule has 0 spiro atoms. The molecule has 0 aliphatic carbocycles. The number of hydrogen-bond acceptors (Lipinski definition) is 2. The second kappa shape index (κ2) is 6.51. The summed E-state index contributed by atoms with van der Waals surface area (Å²) < 4.78 is 52.2. The van der Waals surface area contributed by atoms with Gasteiger partial charge in [0.05, 0.1) is 4.90 Å². The number of benzene rings is 2. The van der Waals surface area contributed by atoms with E-state index in [1.807, 2.05) is 0 Å². The van der Waals surface area contributed by atoms with Gasteiger partial charge in [0, 0.05) is 12.4 Å². The van der Waals surface area contributed by atoms with Crippen LogP contribution < -0.4 is 4.72 Å². The minimum Gasteiger partial charge on any atom is -0.207 e. The van der Waals surface area contributed by atoms with E-state index in [4.69, 9.17) is 11.6 Å². The zero-order chi connectivity index (χ0) is 15.5. The first-order valence-corrected chi connectivity index (χ1v) is 8.02. The maximum absolute atomic E-state index is 13.1. The SMILES string of the molecule is O=S(=O)(NCc1ccc(CCl)cc1)c1ccc(F)c(F)c1. The first kappa shape index (κ1) is 15.9. The normalized spacial score (nSPS) is 11.6. The molecule has 0 aliphatic rings. The molecule has 2 aromatic rings. The Morgan fingerprint density at radius 2 is 1.57 bits per heavy atom. The zero-order valence-electron chi connectivity index (χ0n) is 10.8. The molecule has 0 unspecified atom stereocenters. The summed E-state index contributed by atoms with van der Waals surface area (Å²) in [5.74, 6) is -1.92. The monoisotopic (exact) mass is 331 g/mol. The average molecular weight is 332 g/mol. The molecule has 0 saturated heterocycles. The van der Waals surface area contributed by atoms with Crippen molar-refractivity contribution in [2.24, 2.45) is 0 Å². The predicted octanol–water partition coefficient (Wildman–Crippen LogP) is 3.18. The molecule has 0 heterocycles. The highest BCUT2D eigenvalue weighted by atomic mass is 35.5. The van der Waals surface area contributed by atoms with Gasteiger partial charge in [0.1, 0.15) is 0 Å². The Kier molecular flexibility index (Phi) is 4.92. The van der Waals surface area contributed by atoms with Crippen molar-refractivity contribution in [2.45, 2.75) is 17.3 Å². The highest BCUT2D eigenvalue weighted by Crippen LogP contribution is 2.14. The van der Waals surface area contributed by atoms with Crippen LogP contribution in [0.2, 0.25) is 0 Å². The van der Waals surface area contributed by atoms with Gasteiger partial charge in [0.2, 0.25) is 10.0 Å². The summed E-state index contributed by atoms with van der Waals surface area (Å²) in [5.41, 5.74) is 1.65. The summed E-state index contributed by atoms with van der Waals surface area (Å²) in [6.07, 6.45) is 0. The fourth-order valence-electron chi connectivity index (χ4n) is 1.65. The molecule has 0 radical (unpaired) electrons. The van der Waals surface area contributed by atoms with Crippen LogP contribution in [0.15, 0.2) is 47.4 Å². The van der Waals surface area contributed by atoms with E-state index < -0.39 is 21.7 Å². The van der Waals surface area contributed by atoms with Gasteiger partial charge in [-0.05, 0) is 29.3 Å². The van der Waals surface area contributed by atoms with Crippen molar-refractivity contribution in [3.8, 4) is 0 Å². The van der Waals surface area contributed by atoms with Gasteiger partial charge in [0.15, 0.2) is 11.6 Å². The number of alkyl halides is 1. The third-order valence-electron chi connectivity index (χ3n) is 2.84. The summed E-state index contributed by atoms with van der Waals surface area (Å²) >= 11 is 5.66. The maximum atomic E-state index is 13.1. The Bertz CT molecular complexity index is 733. The minimum atomic E-state index is -3.90. The van der Waals surface area contributed by atoms with Gasteiger partial charge in [-0.1, -0.05) is 24.3 Å². The van der Waals surface area contributed by atoms with E-state index in [0.29, 0.717) is 11.9 Å². The number of rotatable bonds is 5. The van der Waals surface area contributed by atoms with Crippen LogP contribution >= 0.6 is 11.6 Å². The molecule has 1 N–H and O–H groups in total. The standard InChI is InChI=1S/C14H12ClF2NO2S/c15-8-10-1-3-11(4-2-10)9-18-21(19,20)12-5-6-13(16)14(17)7-12/h1-7,18H,8-9H2. The van der Waals surface area contributed by atoms with Crippen molar-refractivity contribution in [1.82, 2.24) is 4.72 Å². The Hall–Kier alpha value is -1.50. The molecule has 0 bridgehead atoms. The van der Waals surface area contributed by atoms with Gasteiger partial charge in [-0.15, -0.1) is 11.6 Å². The molecule has 21 heavy (non-hydrogen) atoms. The number of halogens is 3. The van der Waals surface area contributed by atoms with E-state index in [1.54, 1.807) is 24.3 Å². The lowest BCUT2D eigenvalue weighted by Gasteiger charge is -2.07. The summed E-state index contributed by atoms with van der Waals surface area (Å²) in [5, 5.41) is 0. The molecule has 0 fully saturated rings. The van der Waals surface area contributed by atoms with Gasteiger partial charge >= 0.3 is 0 Å². The van der Waals surface area contributed by atoms with Gasteiger partial charge in [0.25, 0.3) is 0 Å².